The summed E-state index contributed by atoms with van der Waals surface area (Å²) in [6.45, 7) is 4.36. The molecule has 7 amide bonds. The number of pyridine rings is 1. The lowest BCUT2D eigenvalue weighted by Gasteiger charge is -2.39. The van der Waals surface area contributed by atoms with Crippen molar-refractivity contribution in [1.29, 1.82) is 0 Å². The molecular weight excluding hydrogens is 1070 g/mol. The number of amides is 7. The van der Waals surface area contributed by atoms with Gasteiger partial charge in [0.25, 0.3) is 17.7 Å². The van der Waals surface area contributed by atoms with E-state index in [1.807, 2.05) is 18.2 Å². The monoisotopic (exact) mass is 1150 g/mol. The van der Waals surface area contributed by atoms with Crippen LogP contribution < -0.4 is 37.2 Å². The number of hydrogen-bond acceptors (Lipinski definition) is 12. The summed E-state index contributed by atoms with van der Waals surface area (Å²) in [7, 11) is -1.86. The Morgan fingerprint density at radius 2 is 1.52 bits per heavy atom. The molecule has 2 aromatic carbocycles. The van der Waals surface area contributed by atoms with E-state index in [4.69, 9.17) is 11.6 Å². The van der Waals surface area contributed by atoms with Gasteiger partial charge in [-0.05, 0) is 164 Å². The highest BCUT2D eigenvalue weighted by Gasteiger charge is 2.48. The standard InChI is InChI=1S/C59H78ClN11O9S/c1-35(61-2)54(73)68-53(38-11-4-3-5-12-38)59(78)70-33-43(29-51(70)58(77)67-49-15-8-13-37-10-6-7-14-46(37)49)65-56(75)41-24-40(31-62-32-41)55(74)63-20-9-21-69-22-18-36(19-23-69)34-81(79,80)71-44-16-17-45(71)28-42(27-44)64-57(76)47-25-39-26-52(72)66-50(39)30-48(47)60/h6-7,10,14,24-25,30-32,35-36,38,42-45,49,51,53,61H,3-5,8-9,11-13,15-23,26-29,33-34H2,1-2H3,(H,63,74)(H,64,76)(H,65,75)(H,66,72)(H,67,77)(H,68,73)/t35-,42?,43-,44-,45?,49+,51-,53-/m0/s1. The number of aromatic nitrogens is 1. The average Bonchev–Trinajstić information content (AvgIpc) is 4.32. The molecule has 6 heterocycles. The number of fused-ring (bicyclic) bond motifs is 4. The highest BCUT2D eigenvalue weighted by molar-refractivity contribution is 7.89. The van der Waals surface area contributed by atoms with Gasteiger partial charge >= 0.3 is 0 Å². The molecule has 2 aliphatic carbocycles. The molecule has 4 saturated heterocycles. The molecule has 436 valence electrons. The van der Waals surface area contributed by atoms with Gasteiger partial charge < -0.3 is 47.0 Å². The molecule has 5 aliphatic heterocycles. The number of hydrogen-bond donors (Lipinski definition) is 7. The van der Waals surface area contributed by atoms with Crippen LogP contribution in [0.3, 0.4) is 0 Å². The van der Waals surface area contributed by atoms with Crippen molar-refractivity contribution in [2.24, 2.45) is 11.8 Å². The van der Waals surface area contributed by atoms with E-state index in [9.17, 15) is 42.0 Å². The predicted molar refractivity (Wildman–Crippen MR) is 306 cm³/mol. The number of piperidine rings is 2. The number of carbonyl (C=O) groups excluding carboxylic acids is 7. The van der Waals surface area contributed by atoms with Crippen LogP contribution in [0.15, 0.2) is 54.9 Å². The van der Waals surface area contributed by atoms with Crippen LogP contribution in [0, 0.1) is 11.8 Å². The van der Waals surface area contributed by atoms with Gasteiger partial charge in [-0.1, -0.05) is 55.1 Å². The second-order valence-electron chi connectivity index (χ2n) is 23.7. The van der Waals surface area contributed by atoms with Gasteiger partial charge in [0, 0.05) is 55.3 Å². The summed E-state index contributed by atoms with van der Waals surface area (Å²) in [5.41, 5.74) is 4.26. The van der Waals surface area contributed by atoms with E-state index in [0.717, 1.165) is 101 Å². The first-order valence-corrected chi connectivity index (χ1v) is 31.4. The minimum absolute atomic E-state index is 0.0224. The summed E-state index contributed by atoms with van der Waals surface area (Å²) in [6, 6.07) is 9.16. The second-order valence-corrected chi connectivity index (χ2v) is 26.0. The summed E-state index contributed by atoms with van der Waals surface area (Å²) in [6.07, 6.45) is 14.9. The number of rotatable bonds is 19. The molecule has 2 unspecified atom stereocenters. The van der Waals surface area contributed by atoms with Crippen molar-refractivity contribution in [3.8, 4) is 0 Å². The van der Waals surface area contributed by atoms with E-state index < -0.39 is 40.1 Å². The fourth-order valence-electron chi connectivity index (χ4n) is 13.8. The zero-order valence-corrected chi connectivity index (χ0v) is 48.1. The molecule has 20 nitrogen and oxygen atoms in total. The van der Waals surface area contributed by atoms with E-state index in [0.29, 0.717) is 43.6 Å². The molecule has 0 radical (unpaired) electrons. The molecule has 3 aromatic rings. The maximum Gasteiger partial charge on any atom is 0.253 e. The number of aryl methyl sites for hydroxylation is 1. The SMILES string of the molecule is CN[C@@H](C)C(=O)N[C@H](C(=O)N1C[C@@H](NC(=O)c2cncc(C(=O)NCCCN3CCC(CS(=O)(=O)N4C5CC[C@H]4CC(NC(=O)c4cc6c(cc4Cl)NC(=O)C6)C5)CC3)c2)C[C@H]1C(=O)N[C@@H]1CCCc2ccccc21)C1CCCCC1. The molecule has 22 heteroatoms. The van der Waals surface area contributed by atoms with Crippen LogP contribution in [0.2, 0.25) is 5.02 Å². The molecule has 10 rings (SSSR count). The van der Waals surface area contributed by atoms with Crippen molar-refractivity contribution < 1.29 is 42.0 Å². The molecule has 1 saturated carbocycles. The highest BCUT2D eigenvalue weighted by atomic mass is 35.5. The number of nitrogens with one attached hydrogen (secondary N) is 7. The highest BCUT2D eigenvalue weighted by Crippen LogP contribution is 2.40. The fourth-order valence-corrected chi connectivity index (χ4v) is 16.4. The van der Waals surface area contributed by atoms with Crippen LogP contribution >= 0.6 is 11.6 Å². The number of likely N-dealkylation sites (tertiary alicyclic amines) is 2. The Morgan fingerprint density at radius 3 is 2.26 bits per heavy atom. The van der Waals surface area contributed by atoms with Crippen LogP contribution in [0.1, 0.15) is 157 Å². The lowest BCUT2D eigenvalue weighted by Crippen LogP contribution is -2.58. The van der Waals surface area contributed by atoms with E-state index in [-0.39, 0.29) is 113 Å². The molecule has 8 atom stereocenters. The van der Waals surface area contributed by atoms with Crippen molar-refractivity contribution in [3.05, 3.63) is 93.3 Å². The Hall–Kier alpha value is -6.00. The summed E-state index contributed by atoms with van der Waals surface area (Å²) < 4.78 is 29.7. The van der Waals surface area contributed by atoms with Crippen molar-refractivity contribution in [2.45, 2.75) is 164 Å². The summed E-state index contributed by atoms with van der Waals surface area (Å²) in [5.74, 6) is -2.28. The minimum atomic E-state index is -3.54. The maximum absolute atomic E-state index is 14.8. The Kier molecular flexibility index (Phi) is 18.4. The lowest BCUT2D eigenvalue weighted by atomic mass is 9.83. The fraction of sp³-hybridized carbons (Fsp3) is 0.593. The molecule has 81 heavy (non-hydrogen) atoms. The Labute approximate surface area is 479 Å². The first-order valence-electron chi connectivity index (χ1n) is 29.4. The molecule has 5 fully saturated rings. The number of nitrogens with zero attached hydrogens (tertiary/aromatic N) is 4. The van der Waals surface area contributed by atoms with Gasteiger partial charge in [-0.15, -0.1) is 0 Å². The number of halogens is 1. The average molecular weight is 1150 g/mol. The zero-order valence-electron chi connectivity index (χ0n) is 46.5. The smallest absolute Gasteiger partial charge is 0.253 e. The normalized spacial score (nSPS) is 25.0. The maximum atomic E-state index is 14.8. The van der Waals surface area contributed by atoms with E-state index >= 15 is 0 Å². The summed E-state index contributed by atoms with van der Waals surface area (Å²) in [4.78, 5) is 103. The van der Waals surface area contributed by atoms with Gasteiger partial charge in [0.15, 0.2) is 0 Å². The van der Waals surface area contributed by atoms with Gasteiger partial charge in [-0.3, -0.25) is 38.5 Å². The Bertz CT molecular complexity index is 2970. The number of carbonyl (C=O) groups is 7. The largest absolute Gasteiger partial charge is 0.352 e. The first kappa shape index (κ1) is 58.2. The first-order chi connectivity index (χ1) is 39.0. The van der Waals surface area contributed by atoms with E-state index in [1.54, 1.807) is 35.3 Å². The predicted octanol–water partition coefficient (Wildman–Crippen LogP) is 4.38. The van der Waals surface area contributed by atoms with Crippen LogP contribution in [0.25, 0.3) is 0 Å². The van der Waals surface area contributed by atoms with Gasteiger partial charge in [-0.25, -0.2) is 8.42 Å². The Balaban J connectivity index is 0.688. The van der Waals surface area contributed by atoms with Crippen molar-refractivity contribution in [1.82, 2.24) is 51.0 Å². The lowest BCUT2D eigenvalue weighted by molar-refractivity contribution is -0.143. The van der Waals surface area contributed by atoms with Gasteiger partial charge in [0.1, 0.15) is 12.1 Å². The number of likely N-dealkylation sites (N-methyl/N-ethyl adjacent to an activating group) is 1. The number of anilines is 1. The van der Waals surface area contributed by atoms with Crippen LogP contribution in [-0.2, 0) is 42.0 Å². The molecule has 1 aromatic heterocycles. The third-order valence-corrected chi connectivity index (χ3v) is 20.6. The topological polar surface area (TPSA) is 260 Å². The van der Waals surface area contributed by atoms with Crippen molar-refractivity contribution in [3.63, 3.8) is 0 Å². The van der Waals surface area contributed by atoms with Crippen molar-refractivity contribution >= 4 is 68.7 Å². The summed E-state index contributed by atoms with van der Waals surface area (Å²) >= 11 is 6.44. The number of benzene rings is 2. The van der Waals surface area contributed by atoms with Gasteiger partial charge in [0.05, 0.1) is 46.0 Å². The quantitative estimate of drug-likeness (QED) is 0.0826. The van der Waals surface area contributed by atoms with Crippen LogP contribution in [-0.4, -0.2) is 157 Å². The molecule has 7 aliphatic rings. The van der Waals surface area contributed by atoms with E-state index in [2.05, 4.69) is 53.2 Å². The molecular formula is C59H78ClN11O9S. The molecule has 2 bridgehead atoms. The second kappa shape index (κ2) is 25.6. The third-order valence-electron chi connectivity index (χ3n) is 18.2. The number of sulfonamides is 1. The molecule has 7 N–H and O–H groups in total. The van der Waals surface area contributed by atoms with Crippen LogP contribution in [0.4, 0.5) is 5.69 Å². The minimum Gasteiger partial charge on any atom is -0.352 e. The molecule has 0 spiro atoms. The third kappa shape index (κ3) is 13.6. The summed E-state index contributed by atoms with van der Waals surface area (Å²) in [5, 5.41) is 21.3. The van der Waals surface area contributed by atoms with Gasteiger partial charge in [0.2, 0.25) is 33.7 Å². The van der Waals surface area contributed by atoms with Crippen LogP contribution in [0.5, 0.6) is 0 Å². The Morgan fingerprint density at radius 1 is 0.802 bits per heavy atom. The van der Waals surface area contributed by atoms with Crippen molar-refractivity contribution in [2.75, 3.05) is 50.8 Å². The van der Waals surface area contributed by atoms with Gasteiger partial charge in [-0.2, -0.15) is 4.31 Å². The van der Waals surface area contributed by atoms with E-state index in [1.165, 1.54) is 24.0 Å². The zero-order chi connectivity index (χ0) is 57.0.